The minimum Gasteiger partial charge on any atom is -0.294 e. The van der Waals surface area contributed by atoms with E-state index >= 15 is 0 Å². The van der Waals surface area contributed by atoms with E-state index in [9.17, 15) is 4.79 Å². The van der Waals surface area contributed by atoms with Crippen LogP contribution in [0.15, 0.2) is 54.6 Å². The molecule has 2 saturated carbocycles. The normalized spacial score (nSPS) is 41.1. The van der Waals surface area contributed by atoms with E-state index in [1.54, 1.807) is 5.57 Å². The summed E-state index contributed by atoms with van der Waals surface area (Å²) >= 11 is 0. The van der Waals surface area contributed by atoms with E-state index in [0.717, 1.165) is 24.8 Å². The molecular weight excluding hydrogens is 328 g/mol. The summed E-state index contributed by atoms with van der Waals surface area (Å²) in [7, 11) is 0. The quantitative estimate of drug-likeness (QED) is 0.418. The van der Waals surface area contributed by atoms with E-state index in [0.29, 0.717) is 17.6 Å². The average molecular weight is 363 g/mol. The second kappa shape index (κ2) is 6.47. The third-order valence-corrected chi connectivity index (χ3v) is 8.38. The summed E-state index contributed by atoms with van der Waals surface area (Å²) in [4.78, 5) is 13.6. The van der Waals surface area contributed by atoms with Crippen molar-refractivity contribution in [3.8, 4) is 0 Å². The molecule has 1 aromatic rings. The van der Waals surface area contributed by atoms with Crippen LogP contribution in [-0.4, -0.2) is 5.78 Å². The van der Waals surface area contributed by atoms with Crippen LogP contribution in [0, 0.1) is 28.1 Å². The molecule has 0 N–H and O–H groups in total. The first-order valence-electron chi connectivity index (χ1n) is 10.8. The van der Waals surface area contributed by atoms with Crippen LogP contribution in [0.1, 0.15) is 76.1 Å². The molecule has 0 bridgehead atoms. The third kappa shape index (κ3) is 2.85. The van der Waals surface area contributed by atoms with Crippen LogP contribution in [0.4, 0.5) is 0 Å². The van der Waals surface area contributed by atoms with Crippen molar-refractivity contribution in [3.63, 3.8) is 0 Å². The molecule has 0 aliphatic heterocycles. The van der Waals surface area contributed by atoms with Gasteiger partial charge < -0.3 is 0 Å². The number of hydrogen-bond donors (Lipinski definition) is 0. The van der Waals surface area contributed by atoms with Gasteiger partial charge in [-0.2, -0.15) is 0 Å². The first kappa shape index (κ1) is 18.7. The molecule has 0 amide bonds. The second-order valence-corrected chi connectivity index (χ2v) is 10.1. The number of Topliss-reactive ketones (excluding diaryl/α,β-unsaturated/α-hetero) is 1. The molecule has 0 aromatic heterocycles. The number of ketones is 1. The van der Waals surface area contributed by atoms with E-state index in [2.05, 4.69) is 39.5 Å². The Balaban J connectivity index is 1.71. The molecule has 0 heterocycles. The van der Waals surface area contributed by atoms with Gasteiger partial charge in [0.05, 0.1) is 0 Å². The van der Waals surface area contributed by atoms with E-state index in [4.69, 9.17) is 0 Å². The number of carbonyl (C=O) groups is 1. The predicted octanol–water partition coefficient (Wildman–Crippen LogP) is 7.00. The molecule has 144 valence electrons. The Kier molecular flexibility index (Phi) is 4.48. The standard InChI is InChI=1S/C26H34O/c1-5-24(2)17-14-21-20(18-24)12-13-22-25(21,3)15-9-16-26(22,4)23(27)19-10-7-6-8-11-19/h5-8,10-11,14,20,22H,1,9,12-13,15-18H2,2-4H3/t20?,22?,24-,25-,26+/m1/s1. The van der Waals surface area contributed by atoms with E-state index in [-0.39, 0.29) is 16.2 Å². The van der Waals surface area contributed by atoms with Crippen molar-refractivity contribution in [1.82, 2.24) is 0 Å². The minimum atomic E-state index is -0.237. The summed E-state index contributed by atoms with van der Waals surface area (Å²) < 4.78 is 0. The van der Waals surface area contributed by atoms with Gasteiger partial charge in [0, 0.05) is 11.0 Å². The fraction of sp³-hybridized carbons (Fsp3) is 0.577. The molecule has 1 heteroatoms. The summed E-state index contributed by atoms with van der Waals surface area (Å²) in [5.74, 6) is 1.50. The zero-order valence-electron chi connectivity index (χ0n) is 17.3. The van der Waals surface area contributed by atoms with Crippen molar-refractivity contribution in [2.45, 2.75) is 65.7 Å². The van der Waals surface area contributed by atoms with Crippen LogP contribution in [0.2, 0.25) is 0 Å². The van der Waals surface area contributed by atoms with Crippen LogP contribution in [0.25, 0.3) is 0 Å². The number of rotatable bonds is 3. The zero-order chi connectivity index (χ0) is 19.3. The van der Waals surface area contributed by atoms with E-state index in [1.165, 1.54) is 25.7 Å². The van der Waals surface area contributed by atoms with Crippen LogP contribution < -0.4 is 0 Å². The number of benzene rings is 1. The lowest BCUT2D eigenvalue weighted by Gasteiger charge is -2.58. The second-order valence-electron chi connectivity index (χ2n) is 10.1. The number of allylic oxidation sites excluding steroid dienone is 3. The highest BCUT2D eigenvalue weighted by molar-refractivity contribution is 6.00. The molecule has 1 aromatic carbocycles. The summed E-state index contributed by atoms with van der Waals surface area (Å²) in [6, 6.07) is 9.99. The molecule has 5 atom stereocenters. The van der Waals surface area contributed by atoms with Gasteiger partial charge in [-0.15, -0.1) is 6.58 Å². The molecule has 27 heavy (non-hydrogen) atoms. The lowest BCUT2D eigenvalue weighted by Crippen LogP contribution is -2.52. The van der Waals surface area contributed by atoms with Gasteiger partial charge in [0.1, 0.15) is 0 Å². The highest BCUT2D eigenvalue weighted by atomic mass is 16.1. The van der Waals surface area contributed by atoms with Crippen molar-refractivity contribution in [3.05, 3.63) is 60.2 Å². The number of carbonyl (C=O) groups excluding carboxylic acids is 1. The Morgan fingerprint density at radius 2 is 1.85 bits per heavy atom. The lowest BCUT2D eigenvalue weighted by atomic mass is 9.45. The molecule has 2 fully saturated rings. The molecule has 1 nitrogen and oxygen atoms in total. The fourth-order valence-electron chi connectivity index (χ4n) is 6.81. The maximum Gasteiger partial charge on any atom is 0.169 e. The van der Waals surface area contributed by atoms with Gasteiger partial charge >= 0.3 is 0 Å². The molecule has 0 saturated heterocycles. The minimum absolute atomic E-state index is 0.183. The van der Waals surface area contributed by atoms with Crippen LogP contribution in [0.3, 0.4) is 0 Å². The Morgan fingerprint density at radius 3 is 2.56 bits per heavy atom. The lowest BCUT2D eigenvalue weighted by molar-refractivity contribution is -0.0140. The van der Waals surface area contributed by atoms with Crippen LogP contribution in [-0.2, 0) is 0 Å². The van der Waals surface area contributed by atoms with Gasteiger partial charge in [-0.25, -0.2) is 0 Å². The van der Waals surface area contributed by atoms with Crippen LogP contribution in [0.5, 0.6) is 0 Å². The molecule has 0 spiro atoms. The Morgan fingerprint density at radius 1 is 1.11 bits per heavy atom. The van der Waals surface area contributed by atoms with Crippen LogP contribution >= 0.6 is 0 Å². The van der Waals surface area contributed by atoms with Gasteiger partial charge in [0.25, 0.3) is 0 Å². The zero-order valence-corrected chi connectivity index (χ0v) is 17.3. The van der Waals surface area contributed by atoms with Crippen molar-refractivity contribution < 1.29 is 4.79 Å². The Bertz CT molecular complexity index is 775. The van der Waals surface area contributed by atoms with Crippen molar-refractivity contribution in [1.29, 1.82) is 0 Å². The van der Waals surface area contributed by atoms with E-state index < -0.39 is 0 Å². The Labute approximate surface area is 164 Å². The van der Waals surface area contributed by atoms with Gasteiger partial charge in [0.2, 0.25) is 0 Å². The first-order valence-corrected chi connectivity index (χ1v) is 10.8. The number of hydrogen-bond acceptors (Lipinski definition) is 1. The molecule has 4 rings (SSSR count). The van der Waals surface area contributed by atoms with Crippen molar-refractivity contribution >= 4 is 5.78 Å². The third-order valence-electron chi connectivity index (χ3n) is 8.38. The van der Waals surface area contributed by atoms with Gasteiger partial charge in [-0.1, -0.05) is 75.2 Å². The van der Waals surface area contributed by atoms with E-state index in [1.807, 2.05) is 30.3 Å². The van der Waals surface area contributed by atoms with Crippen molar-refractivity contribution in [2.75, 3.05) is 0 Å². The summed E-state index contributed by atoms with van der Waals surface area (Å²) in [5, 5.41) is 0. The maximum atomic E-state index is 13.6. The molecular formula is C26H34O. The Hall–Kier alpha value is -1.63. The smallest absolute Gasteiger partial charge is 0.169 e. The topological polar surface area (TPSA) is 17.1 Å². The SMILES string of the molecule is C=C[C@]1(C)CC=C2C(CCC3[C@@](C)(C(=O)c4ccccc4)CCC[C@]23C)C1. The maximum absolute atomic E-state index is 13.6. The first-order chi connectivity index (χ1) is 12.8. The summed E-state index contributed by atoms with van der Waals surface area (Å²) in [6.07, 6.45) is 12.9. The molecule has 0 radical (unpaired) electrons. The highest BCUT2D eigenvalue weighted by Crippen LogP contribution is 2.64. The van der Waals surface area contributed by atoms with Gasteiger partial charge in [-0.3, -0.25) is 4.79 Å². The average Bonchev–Trinajstić information content (AvgIpc) is 2.67. The molecule has 3 aliphatic rings. The largest absolute Gasteiger partial charge is 0.294 e. The van der Waals surface area contributed by atoms with Crippen molar-refractivity contribution in [2.24, 2.45) is 28.1 Å². The monoisotopic (exact) mass is 362 g/mol. The predicted molar refractivity (Wildman–Crippen MR) is 113 cm³/mol. The summed E-state index contributed by atoms with van der Waals surface area (Å²) in [6.45, 7) is 11.2. The number of fused-ring (bicyclic) bond motifs is 3. The molecule has 3 aliphatic carbocycles. The van der Waals surface area contributed by atoms with Gasteiger partial charge in [-0.05, 0) is 61.2 Å². The fourth-order valence-corrected chi connectivity index (χ4v) is 6.81. The summed E-state index contributed by atoms with van der Waals surface area (Å²) in [5.41, 5.74) is 2.75. The molecule has 2 unspecified atom stereocenters. The highest BCUT2D eigenvalue weighted by Gasteiger charge is 2.57. The van der Waals surface area contributed by atoms with Gasteiger partial charge in [0.15, 0.2) is 5.78 Å².